The van der Waals surface area contributed by atoms with Gasteiger partial charge in [-0.1, -0.05) is 22.8 Å². The predicted octanol–water partition coefficient (Wildman–Crippen LogP) is 3.69. The van der Waals surface area contributed by atoms with Gasteiger partial charge in [0.05, 0.1) is 4.90 Å². The standard InChI is InChI=1S/C17H14ClN3O4S/c1-11-9-16(20-25-11)21-26(23,24)15-7-5-12(6-8-15)17(22)19-14-4-2-3-13(18)10-14/h2-10H,1H3,(H,19,22)(H,20,21). The van der Waals surface area contributed by atoms with Gasteiger partial charge in [-0.2, -0.15) is 0 Å². The first-order valence-corrected chi connectivity index (χ1v) is 9.33. The van der Waals surface area contributed by atoms with Gasteiger partial charge in [0.15, 0.2) is 5.82 Å². The van der Waals surface area contributed by atoms with Crippen LogP contribution in [0.2, 0.25) is 5.02 Å². The number of rotatable bonds is 5. The highest BCUT2D eigenvalue weighted by Crippen LogP contribution is 2.18. The number of aryl methyl sites for hydroxylation is 1. The van der Waals surface area contributed by atoms with Crippen molar-refractivity contribution in [2.45, 2.75) is 11.8 Å². The summed E-state index contributed by atoms with van der Waals surface area (Å²) in [5.41, 5.74) is 0.850. The van der Waals surface area contributed by atoms with Gasteiger partial charge in [-0.25, -0.2) is 8.42 Å². The van der Waals surface area contributed by atoms with Crippen molar-refractivity contribution in [1.29, 1.82) is 0 Å². The van der Waals surface area contributed by atoms with Gasteiger partial charge in [0.2, 0.25) is 0 Å². The molecule has 1 aromatic heterocycles. The van der Waals surface area contributed by atoms with Crippen LogP contribution in [0, 0.1) is 6.92 Å². The highest BCUT2D eigenvalue weighted by atomic mass is 35.5. The average molecular weight is 392 g/mol. The normalized spacial score (nSPS) is 11.2. The summed E-state index contributed by atoms with van der Waals surface area (Å²) in [6.45, 7) is 1.65. The third-order valence-corrected chi connectivity index (χ3v) is 4.98. The predicted molar refractivity (Wildman–Crippen MR) is 97.9 cm³/mol. The number of sulfonamides is 1. The van der Waals surface area contributed by atoms with Crippen LogP contribution in [0.15, 0.2) is 64.0 Å². The molecule has 2 N–H and O–H groups in total. The molecule has 0 saturated carbocycles. The van der Waals surface area contributed by atoms with Gasteiger partial charge in [0.25, 0.3) is 15.9 Å². The van der Waals surface area contributed by atoms with Gasteiger partial charge in [-0.3, -0.25) is 9.52 Å². The van der Waals surface area contributed by atoms with Crippen LogP contribution in [0.5, 0.6) is 0 Å². The fourth-order valence-electron chi connectivity index (χ4n) is 2.17. The van der Waals surface area contributed by atoms with E-state index in [1.54, 1.807) is 31.2 Å². The van der Waals surface area contributed by atoms with E-state index in [-0.39, 0.29) is 16.6 Å². The van der Waals surface area contributed by atoms with Gasteiger partial charge in [0, 0.05) is 22.3 Å². The molecule has 9 heteroatoms. The molecule has 0 saturated heterocycles. The number of anilines is 2. The Morgan fingerprint density at radius 1 is 1.12 bits per heavy atom. The molecule has 0 radical (unpaired) electrons. The zero-order valence-electron chi connectivity index (χ0n) is 13.6. The van der Waals surface area contributed by atoms with Crippen LogP contribution in [0.25, 0.3) is 0 Å². The minimum atomic E-state index is -3.83. The summed E-state index contributed by atoms with van der Waals surface area (Å²) in [4.78, 5) is 12.2. The molecule has 1 heterocycles. The summed E-state index contributed by atoms with van der Waals surface area (Å²) in [7, 11) is -3.83. The van der Waals surface area contributed by atoms with Crippen molar-refractivity contribution in [2.24, 2.45) is 0 Å². The lowest BCUT2D eigenvalue weighted by Gasteiger charge is -2.08. The molecule has 0 fully saturated rings. The summed E-state index contributed by atoms with van der Waals surface area (Å²) < 4.78 is 31.7. The SMILES string of the molecule is Cc1cc(NS(=O)(=O)c2ccc(C(=O)Nc3cccc(Cl)c3)cc2)no1. The molecule has 26 heavy (non-hydrogen) atoms. The van der Waals surface area contributed by atoms with E-state index in [1.807, 2.05) is 0 Å². The number of nitrogens with one attached hydrogen (secondary N) is 2. The summed E-state index contributed by atoms with van der Waals surface area (Å²) in [6, 6.07) is 13.7. The van der Waals surface area contributed by atoms with Crippen LogP contribution in [0.4, 0.5) is 11.5 Å². The summed E-state index contributed by atoms with van der Waals surface area (Å²) >= 11 is 5.88. The van der Waals surface area contributed by atoms with E-state index in [1.165, 1.54) is 30.3 Å². The Hall–Kier alpha value is -2.84. The van der Waals surface area contributed by atoms with Crippen LogP contribution in [0.1, 0.15) is 16.1 Å². The zero-order valence-corrected chi connectivity index (χ0v) is 15.1. The molecule has 0 aliphatic rings. The van der Waals surface area contributed by atoms with Crippen molar-refractivity contribution in [2.75, 3.05) is 10.0 Å². The molecule has 0 spiro atoms. The maximum absolute atomic E-state index is 12.3. The molecular formula is C17H14ClN3O4S. The smallest absolute Gasteiger partial charge is 0.263 e. The monoisotopic (exact) mass is 391 g/mol. The number of hydrogen-bond acceptors (Lipinski definition) is 5. The van der Waals surface area contributed by atoms with Gasteiger partial charge >= 0.3 is 0 Å². The van der Waals surface area contributed by atoms with E-state index in [0.29, 0.717) is 22.0 Å². The third-order valence-electron chi connectivity index (χ3n) is 3.38. The Morgan fingerprint density at radius 3 is 2.46 bits per heavy atom. The lowest BCUT2D eigenvalue weighted by molar-refractivity contribution is 0.102. The Kier molecular flexibility index (Phi) is 4.97. The quantitative estimate of drug-likeness (QED) is 0.690. The van der Waals surface area contributed by atoms with E-state index >= 15 is 0 Å². The van der Waals surface area contributed by atoms with Crippen LogP contribution >= 0.6 is 11.6 Å². The Morgan fingerprint density at radius 2 is 1.85 bits per heavy atom. The van der Waals surface area contributed by atoms with Crippen LogP contribution in [-0.4, -0.2) is 19.5 Å². The highest BCUT2D eigenvalue weighted by molar-refractivity contribution is 7.92. The van der Waals surface area contributed by atoms with E-state index < -0.39 is 10.0 Å². The average Bonchev–Trinajstić information content (AvgIpc) is 2.99. The molecule has 0 bridgehead atoms. The molecule has 0 aliphatic carbocycles. The maximum atomic E-state index is 12.3. The molecule has 134 valence electrons. The van der Waals surface area contributed by atoms with Crippen molar-refractivity contribution in [3.63, 3.8) is 0 Å². The fourth-order valence-corrected chi connectivity index (χ4v) is 3.34. The number of amides is 1. The van der Waals surface area contributed by atoms with E-state index in [2.05, 4.69) is 15.2 Å². The number of halogens is 1. The van der Waals surface area contributed by atoms with E-state index in [9.17, 15) is 13.2 Å². The molecule has 0 atom stereocenters. The minimum Gasteiger partial charge on any atom is -0.360 e. The Balaban J connectivity index is 1.74. The maximum Gasteiger partial charge on any atom is 0.263 e. The van der Waals surface area contributed by atoms with Crippen molar-refractivity contribution < 1.29 is 17.7 Å². The largest absolute Gasteiger partial charge is 0.360 e. The van der Waals surface area contributed by atoms with Gasteiger partial charge in [-0.05, 0) is 49.4 Å². The number of benzene rings is 2. The highest BCUT2D eigenvalue weighted by Gasteiger charge is 2.17. The molecule has 0 unspecified atom stereocenters. The zero-order chi connectivity index (χ0) is 18.7. The van der Waals surface area contributed by atoms with Crippen molar-refractivity contribution in [3.8, 4) is 0 Å². The number of nitrogens with zero attached hydrogens (tertiary/aromatic N) is 1. The second-order valence-electron chi connectivity index (χ2n) is 5.42. The Bertz CT molecular complexity index is 1050. The first-order valence-electron chi connectivity index (χ1n) is 7.47. The molecule has 7 nitrogen and oxygen atoms in total. The Labute approximate surface area is 155 Å². The van der Waals surface area contributed by atoms with Crippen LogP contribution in [-0.2, 0) is 10.0 Å². The van der Waals surface area contributed by atoms with Gasteiger partial charge < -0.3 is 9.84 Å². The number of aromatic nitrogens is 1. The van der Waals surface area contributed by atoms with Gasteiger partial charge in [-0.15, -0.1) is 0 Å². The second-order valence-corrected chi connectivity index (χ2v) is 7.54. The van der Waals surface area contributed by atoms with Crippen molar-refractivity contribution in [1.82, 2.24) is 5.16 Å². The molecule has 1 amide bonds. The summed E-state index contributed by atoms with van der Waals surface area (Å²) in [6.07, 6.45) is 0. The summed E-state index contributed by atoms with van der Waals surface area (Å²) in [5.74, 6) is 0.192. The molecular weight excluding hydrogens is 378 g/mol. The van der Waals surface area contributed by atoms with Crippen molar-refractivity contribution >= 4 is 39.0 Å². The van der Waals surface area contributed by atoms with Crippen LogP contribution in [0.3, 0.4) is 0 Å². The molecule has 2 aromatic carbocycles. The van der Waals surface area contributed by atoms with Crippen molar-refractivity contribution in [3.05, 3.63) is 70.9 Å². The number of carbonyl (C=O) groups is 1. The fraction of sp³-hybridized carbons (Fsp3) is 0.0588. The van der Waals surface area contributed by atoms with E-state index in [4.69, 9.17) is 16.1 Å². The lowest BCUT2D eigenvalue weighted by Crippen LogP contribution is -2.15. The molecule has 0 aliphatic heterocycles. The first kappa shape index (κ1) is 18.0. The molecule has 3 aromatic rings. The minimum absolute atomic E-state index is 0.00235. The second kappa shape index (κ2) is 7.19. The topological polar surface area (TPSA) is 101 Å². The van der Waals surface area contributed by atoms with Gasteiger partial charge in [0.1, 0.15) is 5.76 Å². The third kappa shape index (κ3) is 4.22. The molecule has 3 rings (SSSR count). The lowest BCUT2D eigenvalue weighted by atomic mass is 10.2. The van der Waals surface area contributed by atoms with E-state index in [0.717, 1.165) is 0 Å². The number of hydrogen-bond donors (Lipinski definition) is 2. The first-order chi connectivity index (χ1) is 12.3. The number of carbonyl (C=O) groups excluding carboxylic acids is 1. The van der Waals surface area contributed by atoms with Crippen LogP contribution < -0.4 is 10.0 Å². The summed E-state index contributed by atoms with van der Waals surface area (Å²) in [5, 5.41) is 6.77.